The van der Waals surface area contributed by atoms with E-state index in [-0.39, 0.29) is 11.5 Å². The second kappa shape index (κ2) is 7.44. The van der Waals surface area contributed by atoms with Gasteiger partial charge < -0.3 is 5.73 Å². The lowest BCUT2D eigenvalue weighted by Gasteiger charge is -2.28. The second-order valence-electron chi connectivity index (χ2n) is 8.25. The highest BCUT2D eigenvalue weighted by atomic mass is 19.3. The highest BCUT2D eigenvalue weighted by Crippen LogP contribution is 2.43. The van der Waals surface area contributed by atoms with E-state index in [1.54, 1.807) is 18.5 Å². The zero-order valence-corrected chi connectivity index (χ0v) is 16.0. The first kappa shape index (κ1) is 19.9. The summed E-state index contributed by atoms with van der Waals surface area (Å²) in [6.45, 7) is -0.713. The molecule has 2 aromatic rings. The average molecular weight is 403 g/mol. The van der Waals surface area contributed by atoms with E-state index in [4.69, 9.17) is 5.73 Å². The number of rotatable bonds is 7. The van der Waals surface area contributed by atoms with Crippen molar-refractivity contribution in [2.75, 3.05) is 6.54 Å². The molecule has 154 valence electrons. The second-order valence-corrected chi connectivity index (χ2v) is 8.25. The molecule has 1 amide bonds. The van der Waals surface area contributed by atoms with Gasteiger partial charge in [0.05, 0.1) is 6.54 Å². The van der Waals surface area contributed by atoms with Gasteiger partial charge in [0.2, 0.25) is 5.91 Å². The molecule has 0 radical (unpaired) electrons. The van der Waals surface area contributed by atoms with Gasteiger partial charge in [-0.25, -0.2) is 13.2 Å². The molecule has 4 rings (SSSR count). The summed E-state index contributed by atoms with van der Waals surface area (Å²) in [5, 5.41) is 2.51. The number of nitrogens with zero attached hydrogens (tertiary/aromatic N) is 1. The summed E-state index contributed by atoms with van der Waals surface area (Å²) >= 11 is 0. The zero-order chi connectivity index (χ0) is 20.6. The maximum Gasteiger partial charge on any atom is 0.262 e. The first-order valence-corrected chi connectivity index (χ1v) is 9.93. The third-order valence-corrected chi connectivity index (χ3v) is 6.11. The van der Waals surface area contributed by atoms with Crippen molar-refractivity contribution in [2.24, 2.45) is 11.7 Å². The topological polar surface area (TPSA) is 68.0 Å². The van der Waals surface area contributed by atoms with Crippen molar-refractivity contribution >= 4 is 5.91 Å². The van der Waals surface area contributed by atoms with Gasteiger partial charge in [0.25, 0.3) is 5.92 Å². The van der Waals surface area contributed by atoms with Gasteiger partial charge in [-0.2, -0.15) is 0 Å². The van der Waals surface area contributed by atoms with E-state index in [0.717, 1.165) is 24.0 Å². The zero-order valence-electron chi connectivity index (χ0n) is 16.0. The minimum atomic E-state index is -3.13. The summed E-state index contributed by atoms with van der Waals surface area (Å²) < 4.78 is 42.7. The first-order valence-electron chi connectivity index (χ1n) is 9.93. The molecule has 1 saturated carbocycles. The van der Waals surface area contributed by atoms with Crippen LogP contribution in [0.3, 0.4) is 0 Å². The van der Waals surface area contributed by atoms with Crippen LogP contribution in [0.4, 0.5) is 13.2 Å². The highest BCUT2D eigenvalue weighted by molar-refractivity contribution is 5.87. The lowest BCUT2D eigenvalue weighted by molar-refractivity contribution is -0.125. The summed E-state index contributed by atoms with van der Waals surface area (Å²) in [6, 6.07) is 8.27. The van der Waals surface area contributed by atoms with Gasteiger partial charge in [-0.05, 0) is 54.2 Å². The molecule has 1 aliphatic heterocycles. The largest absolute Gasteiger partial charge is 0.368 e. The normalized spacial score (nSPS) is 24.4. The molecule has 4 nitrogen and oxygen atoms in total. The average Bonchev–Trinajstić information content (AvgIpc) is 3.46. The number of primary amides is 1. The summed E-state index contributed by atoms with van der Waals surface area (Å²) in [5.41, 5.74) is 5.28. The third kappa shape index (κ3) is 4.01. The number of benzene rings is 1. The Morgan fingerprint density at radius 3 is 2.52 bits per heavy atom. The Morgan fingerprint density at radius 1 is 1.21 bits per heavy atom. The first-order chi connectivity index (χ1) is 13.8. The fourth-order valence-corrected chi connectivity index (χ4v) is 4.31. The molecule has 3 N–H and O–H groups in total. The van der Waals surface area contributed by atoms with Crippen LogP contribution < -0.4 is 11.1 Å². The fraction of sp³-hybridized carbons (Fsp3) is 0.455. The fourth-order valence-electron chi connectivity index (χ4n) is 4.31. The standard InChI is InChI=1S/C22H24F3N3O/c23-19-6-4-16(11-18(19)22(20(26)29)12-21(24,25)13-28-22)17(5-3-14-1-2-14)15-7-9-27-10-8-15/h4,6-11,14,17,28H,1-3,5,12-13H2,(H2,26,29)/t17?,22-/m1/s1. The van der Waals surface area contributed by atoms with Crippen molar-refractivity contribution in [3.63, 3.8) is 0 Å². The monoisotopic (exact) mass is 403 g/mol. The van der Waals surface area contributed by atoms with Gasteiger partial charge in [-0.15, -0.1) is 0 Å². The lowest BCUT2D eigenvalue weighted by Crippen LogP contribution is -2.49. The van der Waals surface area contributed by atoms with Gasteiger partial charge >= 0.3 is 0 Å². The number of hydrogen-bond donors (Lipinski definition) is 2. The third-order valence-electron chi connectivity index (χ3n) is 6.11. The molecule has 0 spiro atoms. The number of aromatic nitrogens is 1. The van der Waals surface area contributed by atoms with Gasteiger partial charge in [-0.3, -0.25) is 15.1 Å². The number of hydrogen-bond acceptors (Lipinski definition) is 3. The van der Waals surface area contributed by atoms with Gasteiger partial charge in [0.1, 0.15) is 11.4 Å². The van der Waals surface area contributed by atoms with Crippen molar-refractivity contribution in [1.82, 2.24) is 10.3 Å². The number of carbonyl (C=O) groups is 1. The van der Waals surface area contributed by atoms with E-state index in [9.17, 15) is 18.0 Å². The smallest absolute Gasteiger partial charge is 0.262 e. The van der Waals surface area contributed by atoms with Crippen LogP contribution in [0.5, 0.6) is 0 Å². The van der Waals surface area contributed by atoms with Crippen LogP contribution in [0.1, 0.15) is 54.7 Å². The van der Waals surface area contributed by atoms with Crippen LogP contribution in [0, 0.1) is 11.7 Å². The van der Waals surface area contributed by atoms with Gasteiger partial charge in [-0.1, -0.05) is 18.9 Å². The van der Waals surface area contributed by atoms with E-state index in [2.05, 4.69) is 10.3 Å². The molecular weight excluding hydrogens is 379 g/mol. The predicted molar refractivity (Wildman–Crippen MR) is 103 cm³/mol. The Balaban J connectivity index is 1.75. The van der Waals surface area contributed by atoms with Crippen LogP contribution >= 0.6 is 0 Å². The molecule has 29 heavy (non-hydrogen) atoms. The summed E-state index contributed by atoms with van der Waals surface area (Å²) in [6.07, 6.45) is 6.90. The summed E-state index contributed by atoms with van der Waals surface area (Å²) in [5.74, 6) is -4.16. The molecule has 2 atom stereocenters. The molecule has 2 heterocycles. The molecule has 1 unspecified atom stereocenters. The Morgan fingerprint density at radius 2 is 1.93 bits per heavy atom. The number of carbonyl (C=O) groups excluding carboxylic acids is 1. The number of pyridine rings is 1. The molecule has 2 aliphatic rings. The molecule has 7 heteroatoms. The number of nitrogens with two attached hydrogens (primary N) is 1. The Bertz CT molecular complexity index is 901. The maximum atomic E-state index is 14.8. The van der Waals surface area contributed by atoms with Crippen LogP contribution in [0.15, 0.2) is 42.7 Å². The Labute approximate surface area is 167 Å². The van der Waals surface area contributed by atoms with E-state index >= 15 is 0 Å². The SMILES string of the molecule is NC(=O)[C@]1(c2cc(C(CCC3CC3)c3ccncc3)ccc2F)CC(F)(F)CN1. The van der Waals surface area contributed by atoms with Crippen LogP contribution in [0.2, 0.25) is 0 Å². The molecule has 1 aromatic heterocycles. The van der Waals surface area contributed by atoms with Gasteiger partial charge in [0, 0.05) is 30.3 Å². The minimum Gasteiger partial charge on any atom is -0.368 e. The number of halogens is 3. The quantitative estimate of drug-likeness (QED) is 0.738. The maximum absolute atomic E-state index is 14.8. The van der Waals surface area contributed by atoms with E-state index < -0.39 is 36.2 Å². The molecule has 0 bridgehead atoms. The molecule has 1 saturated heterocycles. The number of alkyl halides is 2. The van der Waals surface area contributed by atoms with Crippen LogP contribution in [-0.2, 0) is 10.3 Å². The van der Waals surface area contributed by atoms with E-state index in [1.165, 1.54) is 25.0 Å². The van der Waals surface area contributed by atoms with Crippen molar-refractivity contribution in [3.05, 3.63) is 65.2 Å². The number of nitrogens with one attached hydrogen (secondary N) is 1. The molecule has 1 aromatic carbocycles. The van der Waals surface area contributed by atoms with Crippen molar-refractivity contribution in [3.8, 4) is 0 Å². The number of amides is 1. The summed E-state index contributed by atoms with van der Waals surface area (Å²) in [7, 11) is 0. The van der Waals surface area contributed by atoms with E-state index in [1.807, 2.05) is 12.1 Å². The van der Waals surface area contributed by atoms with Crippen molar-refractivity contribution in [1.29, 1.82) is 0 Å². The highest BCUT2D eigenvalue weighted by Gasteiger charge is 2.55. The Hall–Kier alpha value is -2.41. The van der Waals surface area contributed by atoms with Gasteiger partial charge in [0.15, 0.2) is 0 Å². The lowest BCUT2D eigenvalue weighted by atomic mass is 9.81. The summed E-state index contributed by atoms with van der Waals surface area (Å²) in [4.78, 5) is 16.2. The predicted octanol–water partition coefficient (Wildman–Crippen LogP) is 3.85. The van der Waals surface area contributed by atoms with Crippen LogP contribution in [0.25, 0.3) is 0 Å². The van der Waals surface area contributed by atoms with E-state index in [0.29, 0.717) is 5.92 Å². The molecular formula is C22H24F3N3O. The molecule has 1 aliphatic carbocycles. The van der Waals surface area contributed by atoms with Crippen LogP contribution in [-0.4, -0.2) is 23.4 Å². The Kier molecular flexibility index (Phi) is 5.11. The van der Waals surface area contributed by atoms with Crippen molar-refractivity contribution < 1.29 is 18.0 Å². The van der Waals surface area contributed by atoms with Crippen molar-refractivity contribution in [2.45, 2.75) is 49.5 Å². The molecule has 2 fully saturated rings. The minimum absolute atomic E-state index is 0.0372.